The summed E-state index contributed by atoms with van der Waals surface area (Å²) >= 11 is 0. The number of hydrogen-bond donors (Lipinski definition) is 0. The Kier molecular flexibility index (Phi) is 11.2. The number of rotatable bonds is 15. The summed E-state index contributed by atoms with van der Waals surface area (Å²) in [6, 6.07) is 6.22. The van der Waals surface area contributed by atoms with E-state index in [4.69, 9.17) is 13.7 Å². The molecule has 0 aliphatic carbocycles. The maximum Gasteiger partial charge on any atom is 0.296 e. The van der Waals surface area contributed by atoms with Crippen molar-refractivity contribution in [2.24, 2.45) is 0 Å². The van der Waals surface area contributed by atoms with E-state index in [0.29, 0.717) is 6.61 Å². The monoisotopic (exact) mass is 468 g/mol. The fourth-order valence-corrected chi connectivity index (χ4v) is 4.03. The summed E-state index contributed by atoms with van der Waals surface area (Å²) in [7, 11) is -3.91. The van der Waals surface area contributed by atoms with Crippen molar-refractivity contribution in [2.45, 2.75) is 75.9 Å². The van der Waals surface area contributed by atoms with Crippen molar-refractivity contribution in [3.8, 4) is 0 Å². The molecule has 1 fully saturated rings. The second kappa shape index (κ2) is 13.6. The number of hydrogen-bond acceptors (Lipinski definition) is 8. The van der Waals surface area contributed by atoms with Gasteiger partial charge in [-0.3, -0.25) is 18.6 Å². The zero-order valence-electron chi connectivity index (χ0n) is 18.5. The summed E-state index contributed by atoms with van der Waals surface area (Å²) in [5.74, 6) is -0.490. The van der Waals surface area contributed by atoms with Crippen molar-refractivity contribution in [1.29, 1.82) is 0 Å². The normalized spacial score (nSPS) is 16.6. The quantitative estimate of drug-likeness (QED) is 0.360. The van der Waals surface area contributed by atoms with Crippen LogP contribution in [-0.4, -0.2) is 51.9 Å². The van der Waals surface area contributed by atoms with Gasteiger partial charge in [0.05, 0.1) is 18.1 Å². The van der Waals surface area contributed by atoms with E-state index in [0.717, 1.165) is 24.8 Å². The van der Waals surface area contributed by atoms with Crippen molar-refractivity contribution in [3.63, 3.8) is 0 Å². The molecule has 2 rings (SSSR count). The highest BCUT2D eigenvalue weighted by molar-refractivity contribution is 7.86. The molecule has 32 heavy (non-hydrogen) atoms. The molecule has 1 unspecified atom stereocenters. The van der Waals surface area contributed by atoms with Gasteiger partial charge in [-0.25, -0.2) is 0 Å². The predicted octanol–water partition coefficient (Wildman–Crippen LogP) is 3.29. The molecule has 8 nitrogen and oxygen atoms in total. The maximum atomic E-state index is 12.1. The molecule has 1 atom stereocenters. The standard InChI is InChI=1S/C23H32O8S/c1-18-5-11-22(12-6-18)32(27,28)31-17-14-21(26)10-8-19(24)7-9-20(25)13-16-30-23-4-2-3-15-29-23/h5-6,11-12,23H,2-4,7-10,13-17H2,1H3. The van der Waals surface area contributed by atoms with Crippen LogP contribution >= 0.6 is 0 Å². The van der Waals surface area contributed by atoms with Gasteiger partial charge in [-0.15, -0.1) is 0 Å². The molecule has 178 valence electrons. The number of ketones is 3. The summed E-state index contributed by atoms with van der Waals surface area (Å²) < 4.78 is 40.0. The number of ether oxygens (including phenoxy) is 2. The molecule has 0 amide bonds. The van der Waals surface area contributed by atoms with E-state index in [2.05, 4.69) is 0 Å². The molecule has 0 aromatic heterocycles. The Hall–Kier alpha value is -1.94. The Morgan fingerprint density at radius 1 is 0.875 bits per heavy atom. The van der Waals surface area contributed by atoms with Gasteiger partial charge in [-0.05, 0) is 38.3 Å². The molecule has 9 heteroatoms. The molecule has 1 aromatic carbocycles. The smallest absolute Gasteiger partial charge is 0.296 e. The Morgan fingerprint density at radius 2 is 1.44 bits per heavy atom. The number of aryl methyl sites for hydroxylation is 1. The first-order chi connectivity index (χ1) is 15.3. The zero-order chi connectivity index (χ0) is 23.4. The topological polar surface area (TPSA) is 113 Å². The van der Waals surface area contributed by atoms with Crippen LogP contribution in [0.25, 0.3) is 0 Å². The van der Waals surface area contributed by atoms with Crippen LogP contribution in [0.3, 0.4) is 0 Å². The summed E-state index contributed by atoms with van der Waals surface area (Å²) in [4.78, 5) is 35.8. The molecule has 1 aromatic rings. The molecule has 0 bridgehead atoms. The molecule has 1 aliphatic heterocycles. The van der Waals surface area contributed by atoms with Crippen molar-refractivity contribution >= 4 is 27.5 Å². The molecule has 0 spiro atoms. The van der Waals surface area contributed by atoms with Crippen LogP contribution in [0.5, 0.6) is 0 Å². The third-order valence-electron chi connectivity index (χ3n) is 5.12. The third-order valence-corrected chi connectivity index (χ3v) is 6.44. The summed E-state index contributed by atoms with van der Waals surface area (Å²) in [6.45, 7) is 2.53. The van der Waals surface area contributed by atoms with E-state index in [-0.39, 0.29) is 80.3 Å². The lowest BCUT2D eigenvalue weighted by Crippen LogP contribution is -2.23. The van der Waals surface area contributed by atoms with E-state index < -0.39 is 10.1 Å². The predicted molar refractivity (Wildman–Crippen MR) is 117 cm³/mol. The maximum absolute atomic E-state index is 12.1. The van der Waals surface area contributed by atoms with E-state index in [9.17, 15) is 22.8 Å². The third kappa shape index (κ3) is 10.1. The van der Waals surface area contributed by atoms with Crippen molar-refractivity contribution in [2.75, 3.05) is 19.8 Å². The molecular weight excluding hydrogens is 436 g/mol. The van der Waals surface area contributed by atoms with Gasteiger partial charge in [-0.1, -0.05) is 17.7 Å². The lowest BCUT2D eigenvalue weighted by atomic mass is 10.0. The Bertz CT molecular complexity index is 854. The van der Waals surface area contributed by atoms with Crippen molar-refractivity contribution in [3.05, 3.63) is 29.8 Å². The van der Waals surface area contributed by atoms with E-state index in [1.54, 1.807) is 12.1 Å². The van der Waals surface area contributed by atoms with Gasteiger partial charge in [-0.2, -0.15) is 8.42 Å². The summed E-state index contributed by atoms with van der Waals surface area (Å²) in [5.41, 5.74) is 0.924. The number of carbonyl (C=O) groups excluding carboxylic acids is 3. The van der Waals surface area contributed by atoms with Crippen molar-refractivity contribution < 1.29 is 36.5 Å². The van der Waals surface area contributed by atoms with E-state index in [1.165, 1.54) is 12.1 Å². The first kappa shape index (κ1) is 26.3. The van der Waals surface area contributed by atoms with E-state index >= 15 is 0 Å². The fraction of sp³-hybridized carbons (Fsp3) is 0.609. The molecule has 1 heterocycles. The number of Topliss-reactive ketones (excluding diaryl/α,β-unsaturated/α-hetero) is 3. The largest absolute Gasteiger partial charge is 0.353 e. The van der Waals surface area contributed by atoms with Crippen LogP contribution in [0.1, 0.15) is 63.4 Å². The SMILES string of the molecule is Cc1ccc(S(=O)(=O)OCCC(=O)CCC(=O)CCC(=O)CCOC2CCCCO2)cc1. The lowest BCUT2D eigenvalue weighted by molar-refractivity contribution is -0.164. The molecular formula is C23H32O8S. The summed E-state index contributed by atoms with van der Waals surface area (Å²) in [6.07, 6.45) is 3.07. The van der Waals surface area contributed by atoms with Crippen LogP contribution in [-0.2, 0) is 38.2 Å². The Morgan fingerprint density at radius 3 is 2.00 bits per heavy atom. The van der Waals surface area contributed by atoms with Crippen LogP contribution in [0.15, 0.2) is 29.2 Å². The molecule has 0 radical (unpaired) electrons. The Labute approximate surface area is 189 Å². The van der Waals surface area contributed by atoms with Gasteiger partial charge in [0.25, 0.3) is 10.1 Å². The highest BCUT2D eigenvalue weighted by Crippen LogP contribution is 2.15. The first-order valence-electron chi connectivity index (χ1n) is 11.0. The van der Waals surface area contributed by atoms with Crippen LogP contribution in [0.2, 0.25) is 0 Å². The van der Waals surface area contributed by atoms with E-state index in [1.807, 2.05) is 6.92 Å². The van der Waals surface area contributed by atoms with Crippen LogP contribution < -0.4 is 0 Å². The highest BCUT2D eigenvalue weighted by atomic mass is 32.2. The average molecular weight is 469 g/mol. The first-order valence-corrected chi connectivity index (χ1v) is 12.4. The minimum absolute atomic E-state index is 0.00307. The Balaban J connectivity index is 1.54. The molecule has 1 saturated heterocycles. The second-order valence-electron chi connectivity index (χ2n) is 7.87. The number of carbonyl (C=O) groups is 3. The van der Waals surface area contributed by atoms with Crippen LogP contribution in [0, 0.1) is 6.92 Å². The van der Waals surface area contributed by atoms with Gasteiger partial charge in [0.2, 0.25) is 0 Å². The van der Waals surface area contributed by atoms with Gasteiger partial charge >= 0.3 is 0 Å². The second-order valence-corrected chi connectivity index (χ2v) is 9.49. The highest BCUT2D eigenvalue weighted by Gasteiger charge is 2.17. The lowest BCUT2D eigenvalue weighted by Gasteiger charge is -2.22. The molecule has 0 N–H and O–H groups in total. The zero-order valence-corrected chi connectivity index (χ0v) is 19.4. The van der Waals surface area contributed by atoms with Gasteiger partial charge in [0, 0.05) is 45.1 Å². The number of benzene rings is 1. The minimum atomic E-state index is -3.91. The van der Waals surface area contributed by atoms with Crippen LogP contribution in [0.4, 0.5) is 0 Å². The summed E-state index contributed by atoms with van der Waals surface area (Å²) in [5, 5.41) is 0. The average Bonchev–Trinajstić information content (AvgIpc) is 2.77. The minimum Gasteiger partial charge on any atom is -0.353 e. The van der Waals surface area contributed by atoms with Crippen molar-refractivity contribution in [1.82, 2.24) is 0 Å². The van der Waals surface area contributed by atoms with Gasteiger partial charge < -0.3 is 9.47 Å². The van der Waals surface area contributed by atoms with Gasteiger partial charge in [0.15, 0.2) is 6.29 Å². The van der Waals surface area contributed by atoms with Gasteiger partial charge in [0.1, 0.15) is 17.3 Å². The molecule has 0 saturated carbocycles. The molecule has 1 aliphatic rings. The fourth-order valence-electron chi connectivity index (χ4n) is 3.12.